The van der Waals surface area contributed by atoms with Gasteiger partial charge >= 0.3 is 6.18 Å². The molecule has 0 radical (unpaired) electrons. The Hall–Kier alpha value is -2.18. The van der Waals surface area contributed by atoms with Crippen LogP contribution in [0.2, 0.25) is 10.0 Å². The number of nitrogens with zero attached hydrogens (tertiary/aromatic N) is 4. The van der Waals surface area contributed by atoms with Crippen LogP contribution in [-0.4, -0.2) is 68.5 Å². The average Bonchev–Trinajstić information content (AvgIpc) is 3.05. The molecule has 0 bridgehead atoms. The van der Waals surface area contributed by atoms with E-state index in [1.807, 2.05) is 11.0 Å². The summed E-state index contributed by atoms with van der Waals surface area (Å²) in [5.41, 5.74) is -0.708. The fourth-order valence-corrected chi connectivity index (χ4v) is 5.12. The number of halogens is 5. The lowest BCUT2D eigenvalue weighted by atomic mass is 10.2. The van der Waals surface area contributed by atoms with Crippen molar-refractivity contribution in [3.8, 4) is 5.75 Å². The minimum atomic E-state index is -4.96. The molecule has 0 aliphatic carbocycles. The quantitative estimate of drug-likeness (QED) is 0.609. The normalized spacial score (nSPS) is 15.2. The number of sulfone groups is 1. The Bertz CT molecular complexity index is 1130. The minimum absolute atomic E-state index is 0.277. The Balaban J connectivity index is 1.74. The molecular weight excluding hydrogens is 496 g/mol. The summed E-state index contributed by atoms with van der Waals surface area (Å²) in [7, 11) is -2.67. The van der Waals surface area contributed by atoms with Gasteiger partial charge in [-0.3, -0.25) is 4.79 Å². The lowest BCUT2D eigenvalue weighted by Gasteiger charge is -2.36. The highest BCUT2D eigenvalue weighted by Crippen LogP contribution is 2.37. The first-order chi connectivity index (χ1) is 14.8. The van der Waals surface area contributed by atoms with Crippen molar-refractivity contribution < 1.29 is 31.1 Å². The molecule has 0 atom stereocenters. The Morgan fingerprint density at radius 2 is 1.81 bits per heavy atom. The van der Waals surface area contributed by atoms with Crippen molar-refractivity contribution in [2.24, 2.45) is 0 Å². The van der Waals surface area contributed by atoms with Gasteiger partial charge in [0, 0.05) is 44.2 Å². The number of aromatic nitrogens is 2. The summed E-state index contributed by atoms with van der Waals surface area (Å²) in [6, 6.07) is 5.27. The number of piperazine rings is 1. The fraction of sp³-hybridized carbons (Fsp3) is 0.444. The topological polar surface area (TPSA) is 84.7 Å². The van der Waals surface area contributed by atoms with Gasteiger partial charge in [0.05, 0.1) is 12.1 Å². The van der Waals surface area contributed by atoms with Crippen molar-refractivity contribution in [3.63, 3.8) is 0 Å². The van der Waals surface area contributed by atoms with Crippen LogP contribution >= 0.6 is 23.2 Å². The summed E-state index contributed by atoms with van der Waals surface area (Å²) in [6.07, 6.45) is -4.26. The van der Waals surface area contributed by atoms with E-state index in [1.54, 1.807) is 12.1 Å². The van der Waals surface area contributed by atoms with Crippen LogP contribution < -0.4 is 9.64 Å². The second kappa shape index (κ2) is 8.99. The van der Waals surface area contributed by atoms with Crippen molar-refractivity contribution >= 4 is 44.6 Å². The molecular formula is C18H19Cl2F3N4O4S. The Kier molecular flexibility index (Phi) is 6.87. The van der Waals surface area contributed by atoms with E-state index in [0.29, 0.717) is 34.8 Å². The highest BCUT2D eigenvalue weighted by Gasteiger charge is 2.41. The molecule has 32 heavy (non-hydrogen) atoms. The maximum Gasteiger partial charge on any atom is 0.436 e. The van der Waals surface area contributed by atoms with Crippen LogP contribution in [0.25, 0.3) is 0 Å². The molecule has 14 heteroatoms. The highest BCUT2D eigenvalue weighted by atomic mass is 35.5. The largest absolute Gasteiger partial charge is 0.495 e. The van der Waals surface area contributed by atoms with Gasteiger partial charge in [-0.1, -0.05) is 23.2 Å². The molecule has 1 aliphatic rings. The maximum atomic E-state index is 13.1. The number of carbonyl (C=O) groups is 1. The Morgan fingerprint density at radius 1 is 1.19 bits per heavy atom. The van der Waals surface area contributed by atoms with Crippen molar-refractivity contribution in [2.75, 3.05) is 44.4 Å². The number of methoxy groups -OCH3 is 1. The van der Waals surface area contributed by atoms with E-state index in [1.165, 1.54) is 12.0 Å². The summed E-state index contributed by atoms with van der Waals surface area (Å²) < 4.78 is 69.1. The first-order valence-corrected chi connectivity index (χ1v) is 11.9. The van der Waals surface area contributed by atoms with Crippen LogP contribution in [0.1, 0.15) is 5.69 Å². The first kappa shape index (κ1) is 24.5. The lowest BCUT2D eigenvalue weighted by Crippen LogP contribution is -2.49. The van der Waals surface area contributed by atoms with Gasteiger partial charge in [-0.25, -0.2) is 13.1 Å². The summed E-state index contributed by atoms with van der Waals surface area (Å²) in [4.78, 5) is 16.1. The molecule has 1 aromatic heterocycles. The predicted molar refractivity (Wildman–Crippen MR) is 112 cm³/mol. The van der Waals surface area contributed by atoms with Gasteiger partial charge in [0.1, 0.15) is 17.3 Å². The smallest absolute Gasteiger partial charge is 0.436 e. The van der Waals surface area contributed by atoms with Gasteiger partial charge < -0.3 is 14.5 Å². The van der Waals surface area contributed by atoms with Gasteiger partial charge in [-0.15, -0.1) is 0 Å². The number of hydrogen-bond acceptors (Lipinski definition) is 6. The zero-order valence-corrected chi connectivity index (χ0v) is 19.3. The zero-order chi connectivity index (χ0) is 23.8. The molecule has 1 aromatic carbocycles. The molecule has 0 unspecified atom stereocenters. The van der Waals surface area contributed by atoms with E-state index in [2.05, 4.69) is 5.10 Å². The second-order valence-corrected chi connectivity index (χ2v) is 9.80. The summed E-state index contributed by atoms with van der Waals surface area (Å²) in [5.74, 6) is -0.0665. The number of amides is 1. The Labute approximate surface area is 192 Å². The molecule has 1 fully saturated rings. The lowest BCUT2D eigenvalue weighted by molar-refractivity contribution is -0.142. The molecule has 0 spiro atoms. The third-order valence-corrected chi connectivity index (χ3v) is 6.79. The van der Waals surface area contributed by atoms with E-state index >= 15 is 0 Å². The molecule has 2 aromatic rings. The predicted octanol–water partition coefficient (Wildman–Crippen LogP) is 2.97. The van der Waals surface area contributed by atoms with Gasteiger partial charge in [0.2, 0.25) is 5.91 Å². The number of benzene rings is 1. The van der Waals surface area contributed by atoms with Crippen molar-refractivity contribution in [3.05, 3.63) is 33.9 Å². The molecule has 0 saturated carbocycles. The monoisotopic (exact) mass is 514 g/mol. The molecule has 176 valence electrons. The second-order valence-electron chi connectivity index (χ2n) is 7.08. The number of anilines is 1. The number of rotatable bonds is 5. The average molecular weight is 515 g/mol. The van der Waals surface area contributed by atoms with Gasteiger partial charge in [0.15, 0.2) is 20.6 Å². The van der Waals surface area contributed by atoms with E-state index in [0.717, 1.165) is 5.69 Å². The van der Waals surface area contributed by atoms with E-state index in [4.69, 9.17) is 27.9 Å². The van der Waals surface area contributed by atoms with Crippen molar-refractivity contribution in [1.29, 1.82) is 0 Å². The van der Waals surface area contributed by atoms with Crippen LogP contribution in [0, 0.1) is 0 Å². The third kappa shape index (κ3) is 5.07. The van der Waals surface area contributed by atoms with Crippen LogP contribution in [0.3, 0.4) is 0 Å². The number of hydrogen-bond donors (Lipinski definition) is 0. The highest BCUT2D eigenvalue weighted by molar-refractivity contribution is 7.90. The minimum Gasteiger partial charge on any atom is -0.495 e. The SMILES string of the molecule is COc1cc(N2CCN(C(=O)Cn3nc(C(F)(F)F)c(Cl)c3S(C)(=O)=O)CC2)ccc1Cl. The van der Waals surface area contributed by atoms with Gasteiger partial charge in [-0.05, 0) is 12.1 Å². The van der Waals surface area contributed by atoms with Crippen LogP contribution in [0.15, 0.2) is 23.2 Å². The van der Waals surface area contributed by atoms with Crippen LogP contribution in [0.5, 0.6) is 5.75 Å². The molecule has 3 rings (SSSR count). The van der Waals surface area contributed by atoms with Crippen molar-refractivity contribution in [1.82, 2.24) is 14.7 Å². The standard InChI is InChI=1S/C18H19Cl2F3N4O4S/c1-31-13-9-11(3-4-12(13)19)25-5-7-26(8-6-25)14(28)10-27-17(32(2,29)30)15(20)16(24-27)18(21,22)23/h3-4,9H,5-8,10H2,1-2H3. The van der Waals surface area contributed by atoms with Crippen LogP contribution in [0.4, 0.5) is 18.9 Å². The molecule has 0 N–H and O–H groups in total. The molecule has 1 aliphatic heterocycles. The maximum absolute atomic E-state index is 13.1. The number of ether oxygens (including phenoxy) is 1. The van der Waals surface area contributed by atoms with E-state index in [9.17, 15) is 26.4 Å². The van der Waals surface area contributed by atoms with Gasteiger partial charge in [0.25, 0.3) is 0 Å². The third-order valence-electron chi connectivity index (χ3n) is 4.89. The molecule has 1 amide bonds. The molecule has 1 saturated heterocycles. The van der Waals surface area contributed by atoms with Gasteiger partial charge in [-0.2, -0.15) is 18.3 Å². The van der Waals surface area contributed by atoms with E-state index in [-0.39, 0.29) is 13.1 Å². The Morgan fingerprint density at radius 3 is 2.34 bits per heavy atom. The zero-order valence-electron chi connectivity index (χ0n) is 17.0. The van der Waals surface area contributed by atoms with Crippen molar-refractivity contribution in [2.45, 2.75) is 17.7 Å². The molecule has 2 heterocycles. The number of alkyl halides is 3. The fourth-order valence-electron chi connectivity index (χ4n) is 3.35. The summed E-state index contributed by atoms with van der Waals surface area (Å²) in [5, 5.41) is 1.84. The summed E-state index contributed by atoms with van der Waals surface area (Å²) >= 11 is 11.7. The number of carbonyl (C=O) groups excluding carboxylic acids is 1. The summed E-state index contributed by atoms with van der Waals surface area (Å²) in [6.45, 7) is 0.761. The van der Waals surface area contributed by atoms with Crippen LogP contribution in [-0.2, 0) is 27.4 Å². The van der Waals surface area contributed by atoms with E-state index < -0.39 is 44.2 Å². The first-order valence-electron chi connectivity index (χ1n) is 9.22. The molecule has 8 nitrogen and oxygen atoms in total.